The van der Waals surface area contributed by atoms with E-state index in [0.29, 0.717) is 17.9 Å². The highest BCUT2D eigenvalue weighted by molar-refractivity contribution is 5.29. The largest absolute Gasteiger partial charge is 0.489 e. The van der Waals surface area contributed by atoms with E-state index in [2.05, 4.69) is 0 Å². The summed E-state index contributed by atoms with van der Waals surface area (Å²) < 4.78 is 31.5. The van der Waals surface area contributed by atoms with Crippen LogP contribution in [0.5, 0.6) is 5.75 Å². The van der Waals surface area contributed by atoms with Gasteiger partial charge in [0.25, 0.3) is 0 Å². The van der Waals surface area contributed by atoms with Crippen LogP contribution in [0.4, 0.5) is 8.78 Å². The number of ether oxygens (including phenoxy) is 1. The molecule has 3 nitrogen and oxygen atoms in total. The average molecular weight is 278 g/mol. The van der Waals surface area contributed by atoms with E-state index < -0.39 is 11.6 Å². The van der Waals surface area contributed by atoms with Crippen LogP contribution in [-0.4, -0.2) is 6.54 Å². The maximum Gasteiger partial charge on any atom is 0.126 e. The lowest BCUT2D eigenvalue weighted by atomic mass is 10.1. The number of nitrogens with two attached hydrogens (primary N) is 2. The smallest absolute Gasteiger partial charge is 0.126 e. The lowest BCUT2D eigenvalue weighted by Crippen LogP contribution is -2.20. The Hall–Kier alpha value is -1.98. The van der Waals surface area contributed by atoms with Crippen molar-refractivity contribution in [1.82, 2.24) is 0 Å². The molecule has 1 atom stereocenters. The van der Waals surface area contributed by atoms with Gasteiger partial charge in [0.15, 0.2) is 0 Å². The molecular weight excluding hydrogens is 262 g/mol. The Morgan fingerprint density at radius 3 is 2.15 bits per heavy atom. The number of rotatable bonds is 5. The van der Waals surface area contributed by atoms with Crippen LogP contribution in [-0.2, 0) is 6.61 Å². The zero-order valence-electron chi connectivity index (χ0n) is 10.9. The molecule has 106 valence electrons. The first kappa shape index (κ1) is 14.4. The van der Waals surface area contributed by atoms with Gasteiger partial charge in [0.05, 0.1) is 0 Å². The van der Waals surface area contributed by atoms with Crippen LogP contribution in [0.15, 0.2) is 42.5 Å². The van der Waals surface area contributed by atoms with Gasteiger partial charge in [-0.15, -0.1) is 0 Å². The van der Waals surface area contributed by atoms with Gasteiger partial charge in [-0.3, -0.25) is 0 Å². The standard InChI is InChI=1S/C15H16F2N2O/c16-12-5-10(6-13(17)7-12)9-20-14-3-1-11(2-4-14)15(19)8-18/h1-7,15H,8-9,18-19H2. The number of hydrogen-bond donors (Lipinski definition) is 2. The second kappa shape index (κ2) is 6.45. The first-order valence-corrected chi connectivity index (χ1v) is 6.22. The topological polar surface area (TPSA) is 61.3 Å². The summed E-state index contributed by atoms with van der Waals surface area (Å²) >= 11 is 0. The number of halogens is 2. The molecule has 0 saturated heterocycles. The summed E-state index contributed by atoms with van der Waals surface area (Å²) in [5.74, 6) is -0.636. The summed E-state index contributed by atoms with van der Waals surface area (Å²) in [5, 5.41) is 0. The minimum Gasteiger partial charge on any atom is -0.489 e. The molecule has 5 heteroatoms. The minimum absolute atomic E-state index is 0.0942. The van der Waals surface area contributed by atoms with E-state index in [-0.39, 0.29) is 12.6 Å². The van der Waals surface area contributed by atoms with Crippen LogP contribution in [0.1, 0.15) is 17.2 Å². The van der Waals surface area contributed by atoms with Gasteiger partial charge in [0, 0.05) is 18.7 Å². The average Bonchev–Trinajstić information content (AvgIpc) is 2.44. The van der Waals surface area contributed by atoms with E-state index in [1.807, 2.05) is 12.1 Å². The number of hydrogen-bond acceptors (Lipinski definition) is 3. The lowest BCUT2D eigenvalue weighted by Gasteiger charge is -2.11. The van der Waals surface area contributed by atoms with E-state index in [1.54, 1.807) is 12.1 Å². The second-order valence-electron chi connectivity index (χ2n) is 4.48. The highest BCUT2D eigenvalue weighted by atomic mass is 19.1. The van der Waals surface area contributed by atoms with Gasteiger partial charge < -0.3 is 16.2 Å². The van der Waals surface area contributed by atoms with Gasteiger partial charge in [0.1, 0.15) is 24.0 Å². The second-order valence-corrected chi connectivity index (χ2v) is 4.48. The van der Waals surface area contributed by atoms with Gasteiger partial charge in [0.2, 0.25) is 0 Å². The fourth-order valence-electron chi connectivity index (χ4n) is 1.81. The first-order chi connectivity index (χ1) is 9.58. The summed E-state index contributed by atoms with van der Waals surface area (Å²) in [6.07, 6.45) is 0. The van der Waals surface area contributed by atoms with Crippen molar-refractivity contribution in [3.8, 4) is 5.75 Å². The molecular formula is C15H16F2N2O. The summed E-state index contributed by atoms with van der Waals surface area (Å²) in [4.78, 5) is 0. The summed E-state index contributed by atoms with van der Waals surface area (Å²) in [7, 11) is 0. The Labute approximate surface area is 116 Å². The zero-order valence-corrected chi connectivity index (χ0v) is 10.9. The van der Waals surface area contributed by atoms with E-state index >= 15 is 0 Å². The summed E-state index contributed by atoms with van der Waals surface area (Å²) in [5.41, 5.74) is 12.6. The Bertz CT molecular complexity index is 552. The highest BCUT2D eigenvalue weighted by Gasteiger charge is 2.04. The van der Waals surface area contributed by atoms with Crippen molar-refractivity contribution in [1.29, 1.82) is 0 Å². The molecule has 20 heavy (non-hydrogen) atoms. The number of benzene rings is 2. The van der Waals surface area contributed by atoms with Crippen LogP contribution >= 0.6 is 0 Å². The third-order valence-corrected chi connectivity index (χ3v) is 2.89. The molecule has 0 aliphatic carbocycles. The molecule has 2 aromatic carbocycles. The molecule has 0 heterocycles. The molecule has 1 unspecified atom stereocenters. The van der Waals surface area contributed by atoms with Crippen LogP contribution in [0.2, 0.25) is 0 Å². The molecule has 0 aliphatic heterocycles. The monoisotopic (exact) mass is 278 g/mol. The van der Waals surface area contributed by atoms with E-state index in [9.17, 15) is 8.78 Å². The molecule has 2 rings (SSSR count). The molecule has 0 radical (unpaired) electrons. The van der Waals surface area contributed by atoms with Crippen molar-refractivity contribution in [2.75, 3.05) is 6.54 Å². The van der Waals surface area contributed by atoms with Crippen molar-refractivity contribution in [2.45, 2.75) is 12.6 Å². The van der Waals surface area contributed by atoms with Crippen molar-refractivity contribution >= 4 is 0 Å². The molecule has 0 aliphatic rings. The molecule has 0 saturated carbocycles. The van der Waals surface area contributed by atoms with Gasteiger partial charge in [-0.2, -0.15) is 0 Å². The minimum atomic E-state index is -0.618. The Balaban J connectivity index is 2.00. The van der Waals surface area contributed by atoms with Crippen LogP contribution in [0.25, 0.3) is 0 Å². The first-order valence-electron chi connectivity index (χ1n) is 6.22. The van der Waals surface area contributed by atoms with Crippen molar-refractivity contribution in [3.63, 3.8) is 0 Å². The van der Waals surface area contributed by atoms with Crippen molar-refractivity contribution < 1.29 is 13.5 Å². The van der Waals surface area contributed by atoms with E-state index in [1.165, 1.54) is 12.1 Å². The molecule has 0 fully saturated rings. The molecule has 0 spiro atoms. The fraction of sp³-hybridized carbons (Fsp3) is 0.200. The fourth-order valence-corrected chi connectivity index (χ4v) is 1.81. The maximum atomic E-state index is 13.0. The lowest BCUT2D eigenvalue weighted by molar-refractivity contribution is 0.304. The summed E-state index contributed by atoms with van der Waals surface area (Å²) in [6, 6.07) is 10.2. The quantitative estimate of drug-likeness (QED) is 0.883. The van der Waals surface area contributed by atoms with Gasteiger partial charge in [-0.05, 0) is 35.4 Å². The van der Waals surface area contributed by atoms with Crippen LogP contribution < -0.4 is 16.2 Å². The molecule has 0 amide bonds. The van der Waals surface area contributed by atoms with E-state index in [0.717, 1.165) is 11.6 Å². The van der Waals surface area contributed by atoms with Gasteiger partial charge >= 0.3 is 0 Å². The van der Waals surface area contributed by atoms with Crippen molar-refractivity contribution in [3.05, 3.63) is 65.2 Å². The third kappa shape index (κ3) is 3.76. The highest BCUT2D eigenvalue weighted by Crippen LogP contribution is 2.17. The molecule has 0 bridgehead atoms. The van der Waals surface area contributed by atoms with Gasteiger partial charge in [-0.25, -0.2) is 8.78 Å². The van der Waals surface area contributed by atoms with Gasteiger partial charge in [-0.1, -0.05) is 12.1 Å². The zero-order chi connectivity index (χ0) is 14.5. The van der Waals surface area contributed by atoms with E-state index in [4.69, 9.17) is 16.2 Å². The molecule has 0 aromatic heterocycles. The third-order valence-electron chi connectivity index (χ3n) is 2.89. The maximum absolute atomic E-state index is 13.0. The molecule has 4 N–H and O–H groups in total. The predicted molar refractivity (Wildman–Crippen MR) is 73.1 cm³/mol. The normalized spacial score (nSPS) is 12.2. The SMILES string of the molecule is NCC(N)c1ccc(OCc2cc(F)cc(F)c2)cc1. The Morgan fingerprint density at radius 1 is 1.00 bits per heavy atom. The summed E-state index contributed by atoms with van der Waals surface area (Å²) in [6.45, 7) is 0.458. The Morgan fingerprint density at radius 2 is 1.60 bits per heavy atom. The predicted octanol–water partition coefficient (Wildman–Crippen LogP) is 2.50. The Kier molecular flexibility index (Phi) is 4.65. The van der Waals surface area contributed by atoms with Crippen molar-refractivity contribution in [2.24, 2.45) is 11.5 Å². The van der Waals surface area contributed by atoms with Crippen LogP contribution in [0.3, 0.4) is 0 Å². The molecule has 2 aromatic rings. The van der Waals surface area contributed by atoms with Crippen LogP contribution in [0, 0.1) is 11.6 Å².